The van der Waals surface area contributed by atoms with E-state index in [-0.39, 0.29) is 35.2 Å². The fourth-order valence-corrected chi connectivity index (χ4v) is 3.07. The summed E-state index contributed by atoms with van der Waals surface area (Å²) in [6.07, 6.45) is 3.57. The van der Waals surface area contributed by atoms with Gasteiger partial charge in [0.2, 0.25) is 5.91 Å². The van der Waals surface area contributed by atoms with E-state index in [1.165, 1.54) is 10.7 Å². The normalized spacial score (nSPS) is 20.1. The number of hydrogen-bond donors (Lipinski definition) is 2. The number of aromatic nitrogens is 2. The van der Waals surface area contributed by atoms with Gasteiger partial charge in [0.15, 0.2) is 5.69 Å². The Balaban J connectivity index is 1.75. The first kappa shape index (κ1) is 16.2. The fraction of sp³-hybridized carbons (Fsp3) is 0.353. The average Bonchev–Trinajstić information content (AvgIpc) is 3.14. The topological polar surface area (TPSA) is 90.0 Å². The van der Waals surface area contributed by atoms with Crippen LogP contribution in [-0.4, -0.2) is 27.6 Å². The van der Waals surface area contributed by atoms with Crippen molar-refractivity contribution in [2.24, 2.45) is 11.7 Å². The molecule has 3 N–H and O–H groups in total. The molecule has 1 aliphatic rings. The van der Waals surface area contributed by atoms with Gasteiger partial charge in [0.1, 0.15) is 11.5 Å². The van der Waals surface area contributed by atoms with Crippen LogP contribution in [0.2, 0.25) is 0 Å². The maximum absolute atomic E-state index is 13.9. The number of hydrogen-bond acceptors (Lipinski definition) is 3. The highest BCUT2D eigenvalue weighted by atomic mass is 19.1. The minimum Gasteiger partial charge on any atom is -0.369 e. The lowest BCUT2D eigenvalue weighted by Gasteiger charge is -2.11. The number of aryl methyl sites for hydroxylation is 1. The molecule has 0 aliphatic heterocycles. The van der Waals surface area contributed by atoms with Gasteiger partial charge in [-0.25, -0.2) is 9.07 Å². The molecule has 7 heteroatoms. The Morgan fingerprint density at radius 1 is 1.33 bits per heavy atom. The van der Waals surface area contributed by atoms with Crippen molar-refractivity contribution in [3.8, 4) is 5.69 Å². The Kier molecular flexibility index (Phi) is 4.33. The number of primary amides is 1. The molecule has 1 aromatic heterocycles. The van der Waals surface area contributed by atoms with Crippen molar-refractivity contribution >= 4 is 11.8 Å². The zero-order valence-corrected chi connectivity index (χ0v) is 13.3. The van der Waals surface area contributed by atoms with Crippen LogP contribution in [-0.2, 0) is 4.79 Å². The number of benzene rings is 1. The van der Waals surface area contributed by atoms with Crippen LogP contribution < -0.4 is 11.1 Å². The van der Waals surface area contributed by atoms with Crippen molar-refractivity contribution in [2.75, 3.05) is 0 Å². The van der Waals surface area contributed by atoms with Gasteiger partial charge in [-0.2, -0.15) is 5.10 Å². The summed E-state index contributed by atoms with van der Waals surface area (Å²) in [4.78, 5) is 23.6. The average molecular weight is 330 g/mol. The molecule has 1 heterocycles. The molecule has 2 atom stereocenters. The third-order valence-corrected chi connectivity index (χ3v) is 4.38. The van der Waals surface area contributed by atoms with Crippen molar-refractivity contribution < 1.29 is 14.0 Å². The molecule has 0 unspecified atom stereocenters. The van der Waals surface area contributed by atoms with E-state index in [0.717, 1.165) is 0 Å². The highest BCUT2D eigenvalue weighted by Gasteiger charge is 2.30. The minimum absolute atomic E-state index is 0.0898. The van der Waals surface area contributed by atoms with Crippen molar-refractivity contribution in [1.82, 2.24) is 15.1 Å². The van der Waals surface area contributed by atoms with E-state index in [4.69, 9.17) is 5.73 Å². The van der Waals surface area contributed by atoms with Gasteiger partial charge >= 0.3 is 0 Å². The molecule has 1 aliphatic carbocycles. The minimum atomic E-state index is -0.410. The molecule has 3 rings (SSSR count). The van der Waals surface area contributed by atoms with Gasteiger partial charge in [0.05, 0.1) is 0 Å². The van der Waals surface area contributed by atoms with Gasteiger partial charge in [-0.3, -0.25) is 9.59 Å². The zero-order chi connectivity index (χ0) is 17.3. The highest BCUT2D eigenvalue weighted by Crippen LogP contribution is 2.25. The van der Waals surface area contributed by atoms with Gasteiger partial charge < -0.3 is 11.1 Å². The number of amides is 2. The quantitative estimate of drug-likeness (QED) is 0.894. The maximum Gasteiger partial charge on any atom is 0.272 e. The number of nitrogens with two attached hydrogens (primary N) is 1. The molecule has 0 spiro atoms. The number of halogens is 1. The van der Waals surface area contributed by atoms with Crippen LogP contribution in [0.4, 0.5) is 4.39 Å². The van der Waals surface area contributed by atoms with Crippen LogP contribution in [0.3, 0.4) is 0 Å². The molecule has 2 aromatic rings. The smallest absolute Gasteiger partial charge is 0.272 e. The highest BCUT2D eigenvalue weighted by molar-refractivity contribution is 5.94. The maximum atomic E-state index is 13.9. The second-order valence-electron chi connectivity index (χ2n) is 6.14. The van der Waals surface area contributed by atoms with E-state index in [2.05, 4.69) is 10.4 Å². The van der Waals surface area contributed by atoms with Gasteiger partial charge in [0.25, 0.3) is 5.91 Å². The van der Waals surface area contributed by atoms with Gasteiger partial charge in [-0.15, -0.1) is 0 Å². The summed E-state index contributed by atoms with van der Waals surface area (Å²) in [6, 6.07) is 6.15. The summed E-state index contributed by atoms with van der Waals surface area (Å²) >= 11 is 0. The fourth-order valence-electron chi connectivity index (χ4n) is 3.07. The van der Waals surface area contributed by atoms with Crippen LogP contribution in [0.5, 0.6) is 0 Å². The van der Waals surface area contributed by atoms with Crippen LogP contribution in [0.1, 0.15) is 35.3 Å². The first-order valence-electron chi connectivity index (χ1n) is 7.87. The van der Waals surface area contributed by atoms with Gasteiger partial charge in [-0.05, 0) is 38.3 Å². The molecule has 1 saturated carbocycles. The zero-order valence-electron chi connectivity index (χ0n) is 13.3. The van der Waals surface area contributed by atoms with Crippen molar-refractivity contribution in [1.29, 1.82) is 0 Å². The second-order valence-corrected chi connectivity index (χ2v) is 6.14. The van der Waals surface area contributed by atoms with E-state index in [1.54, 1.807) is 31.3 Å². The van der Waals surface area contributed by atoms with E-state index in [9.17, 15) is 14.0 Å². The molecule has 1 fully saturated rings. The van der Waals surface area contributed by atoms with E-state index in [0.29, 0.717) is 24.8 Å². The third-order valence-electron chi connectivity index (χ3n) is 4.38. The summed E-state index contributed by atoms with van der Waals surface area (Å²) in [5.41, 5.74) is 6.50. The molecule has 126 valence electrons. The van der Waals surface area contributed by atoms with Crippen LogP contribution >= 0.6 is 0 Å². The Bertz CT molecular complexity index is 787. The third kappa shape index (κ3) is 3.15. The van der Waals surface area contributed by atoms with Crippen LogP contribution in [0, 0.1) is 18.7 Å². The second kappa shape index (κ2) is 6.43. The number of carbonyl (C=O) groups excluding carboxylic acids is 2. The number of rotatable bonds is 4. The monoisotopic (exact) mass is 330 g/mol. The molecule has 1 aromatic carbocycles. The molecular formula is C17H19FN4O2. The van der Waals surface area contributed by atoms with Gasteiger partial charge in [0, 0.05) is 23.7 Å². The summed E-state index contributed by atoms with van der Waals surface area (Å²) < 4.78 is 15.2. The Morgan fingerprint density at radius 3 is 2.75 bits per heavy atom. The predicted octanol–water partition coefficient (Wildman–Crippen LogP) is 1.70. The summed E-state index contributed by atoms with van der Waals surface area (Å²) in [6.45, 7) is 1.75. The number of carbonyl (C=O) groups is 2. The van der Waals surface area contributed by atoms with Crippen molar-refractivity contribution in [3.05, 3.63) is 47.5 Å². The molecule has 2 amide bonds. The first-order valence-corrected chi connectivity index (χ1v) is 7.87. The summed E-state index contributed by atoms with van der Waals surface area (Å²) in [5.74, 6) is -1.25. The summed E-state index contributed by atoms with van der Waals surface area (Å²) in [7, 11) is 0. The largest absolute Gasteiger partial charge is 0.369 e. The first-order chi connectivity index (χ1) is 11.5. The lowest BCUT2D eigenvalue weighted by atomic mass is 10.1. The van der Waals surface area contributed by atoms with E-state index >= 15 is 0 Å². The lowest BCUT2D eigenvalue weighted by Crippen LogP contribution is -2.34. The number of nitrogens with zero attached hydrogens (tertiary/aromatic N) is 2. The molecule has 6 nitrogen and oxygen atoms in total. The van der Waals surface area contributed by atoms with E-state index in [1.807, 2.05) is 0 Å². The molecule has 24 heavy (non-hydrogen) atoms. The number of nitrogens with one attached hydrogen (secondary N) is 1. The Morgan fingerprint density at radius 2 is 2.08 bits per heavy atom. The molecule has 0 radical (unpaired) electrons. The van der Waals surface area contributed by atoms with Crippen LogP contribution in [0.15, 0.2) is 30.5 Å². The Hall–Kier alpha value is -2.70. The van der Waals surface area contributed by atoms with Crippen LogP contribution in [0.25, 0.3) is 5.69 Å². The molecule has 0 bridgehead atoms. The van der Waals surface area contributed by atoms with Gasteiger partial charge in [-0.1, -0.05) is 12.1 Å². The van der Waals surface area contributed by atoms with Crippen molar-refractivity contribution in [2.45, 2.75) is 32.2 Å². The molecule has 0 saturated heterocycles. The van der Waals surface area contributed by atoms with Crippen molar-refractivity contribution in [3.63, 3.8) is 0 Å². The molecular weight excluding hydrogens is 311 g/mol. The standard InChI is InChI=1S/C17H19FN4O2/c1-10-9-22(14-5-3-2-4-13(14)18)21-15(10)17(24)20-12-7-6-11(8-12)16(19)23/h2-5,9,11-12H,6-8H2,1H3,(H2,19,23)(H,20,24)/t11-,12+/m0/s1. The summed E-state index contributed by atoms with van der Waals surface area (Å²) in [5, 5.41) is 7.09. The number of para-hydroxylation sites is 1. The van der Waals surface area contributed by atoms with E-state index < -0.39 is 5.82 Å². The Labute approximate surface area is 138 Å². The SMILES string of the molecule is Cc1cn(-c2ccccc2F)nc1C(=O)N[C@@H]1CC[C@H](C(N)=O)C1. The predicted molar refractivity (Wildman–Crippen MR) is 86.0 cm³/mol. The lowest BCUT2D eigenvalue weighted by molar-refractivity contribution is -0.121.